The Morgan fingerprint density at radius 1 is 1.50 bits per heavy atom. The molecule has 2 N–H and O–H groups in total. The zero-order chi connectivity index (χ0) is 14.8. The van der Waals surface area contributed by atoms with Crippen molar-refractivity contribution in [2.24, 2.45) is 5.41 Å². The number of rotatable bonds is 5. The van der Waals surface area contributed by atoms with E-state index in [1.165, 1.54) is 0 Å². The number of nitrogens with zero attached hydrogens (tertiary/aromatic N) is 2. The molecule has 1 aliphatic carbocycles. The second-order valence-electron chi connectivity index (χ2n) is 5.73. The van der Waals surface area contributed by atoms with E-state index in [1.807, 2.05) is 13.8 Å². The number of aromatic nitrogens is 2. The predicted molar refractivity (Wildman–Crippen MR) is 75.9 cm³/mol. The molecule has 0 bridgehead atoms. The van der Waals surface area contributed by atoms with Crippen LogP contribution >= 0.6 is 0 Å². The molecule has 1 fully saturated rings. The maximum Gasteiger partial charge on any atom is 0.311 e. The molecule has 1 aliphatic rings. The third-order valence-corrected chi connectivity index (χ3v) is 4.03. The summed E-state index contributed by atoms with van der Waals surface area (Å²) in [6.45, 7) is 4.09. The van der Waals surface area contributed by atoms with Crippen LogP contribution in [0.3, 0.4) is 0 Å². The van der Waals surface area contributed by atoms with Crippen molar-refractivity contribution in [3.8, 4) is 0 Å². The van der Waals surface area contributed by atoms with Gasteiger partial charge in [-0.2, -0.15) is 0 Å². The summed E-state index contributed by atoms with van der Waals surface area (Å²) in [5.74, 6) is -0.559. The van der Waals surface area contributed by atoms with Gasteiger partial charge in [-0.1, -0.05) is 12.8 Å². The fourth-order valence-corrected chi connectivity index (χ4v) is 2.72. The number of carboxylic acid groups (broad SMARTS) is 1. The van der Waals surface area contributed by atoms with Gasteiger partial charge in [-0.25, -0.2) is 4.98 Å². The highest BCUT2D eigenvalue weighted by molar-refractivity contribution is 5.75. The minimum absolute atomic E-state index is 0.0472. The monoisotopic (exact) mass is 279 g/mol. The van der Waals surface area contributed by atoms with Crippen LogP contribution in [0.5, 0.6) is 0 Å². The van der Waals surface area contributed by atoms with E-state index in [9.17, 15) is 14.7 Å². The summed E-state index contributed by atoms with van der Waals surface area (Å²) in [5.41, 5.74) is -0.965. The van der Waals surface area contributed by atoms with Crippen LogP contribution in [-0.4, -0.2) is 27.2 Å². The molecule has 1 aromatic rings. The number of hydrogen-bond donors (Lipinski definition) is 2. The Morgan fingerprint density at radius 3 is 2.70 bits per heavy atom. The fourth-order valence-electron chi connectivity index (χ4n) is 2.72. The molecular formula is C14H21N3O3. The highest BCUT2D eigenvalue weighted by atomic mass is 16.4. The molecule has 1 aromatic heterocycles. The number of nitrogens with one attached hydrogen (secondary N) is 1. The quantitative estimate of drug-likeness (QED) is 0.859. The SMILES string of the molecule is CC(C)n1ccnc(NCC2(C(=O)O)CCCC2)c1=O. The Labute approximate surface area is 117 Å². The van der Waals surface area contributed by atoms with Crippen LogP contribution in [0.25, 0.3) is 0 Å². The Balaban J connectivity index is 2.17. The van der Waals surface area contributed by atoms with Gasteiger partial charge >= 0.3 is 5.97 Å². The van der Waals surface area contributed by atoms with Gasteiger partial charge < -0.3 is 15.0 Å². The Morgan fingerprint density at radius 2 is 2.15 bits per heavy atom. The predicted octanol–water partition coefficient (Wildman–Crippen LogP) is 1.88. The molecule has 0 radical (unpaired) electrons. The van der Waals surface area contributed by atoms with Crippen LogP contribution in [0.4, 0.5) is 5.82 Å². The maximum atomic E-state index is 12.2. The van der Waals surface area contributed by atoms with Crippen molar-refractivity contribution in [3.05, 3.63) is 22.7 Å². The molecule has 0 aliphatic heterocycles. The summed E-state index contributed by atoms with van der Waals surface area (Å²) in [4.78, 5) is 27.7. The van der Waals surface area contributed by atoms with E-state index in [0.717, 1.165) is 12.8 Å². The van der Waals surface area contributed by atoms with Crippen molar-refractivity contribution < 1.29 is 9.90 Å². The zero-order valence-corrected chi connectivity index (χ0v) is 11.9. The smallest absolute Gasteiger partial charge is 0.311 e. The number of anilines is 1. The van der Waals surface area contributed by atoms with Gasteiger partial charge in [-0.15, -0.1) is 0 Å². The van der Waals surface area contributed by atoms with Crippen molar-refractivity contribution in [2.75, 3.05) is 11.9 Å². The molecule has 0 unspecified atom stereocenters. The lowest BCUT2D eigenvalue weighted by atomic mass is 9.86. The van der Waals surface area contributed by atoms with Gasteiger partial charge in [0.1, 0.15) is 0 Å². The van der Waals surface area contributed by atoms with E-state index in [-0.39, 0.29) is 24.0 Å². The first-order valence-electron chi connectivity index (χ1n) is 7.01. The highest BCUT2D eigenvalue weighted by Gasteiger charge is 2.41. The van der Waals surface area contributed by atoms with Gasteiger partial charge in [0.05, 0.1) is 5.41 Å². The largest absolute Gasteiger partial charge is 0.481 e. The van der Waals surface area contributed by atoms with Gasteiger partial charge in [-0.3, -0.25) is 9.59 Å². The first-order valence-corrected chi connectivity index (χ1v) is 7.01. The van der Waals surface area contributed by atoms with Crippen molar-refractivity contribution in [1.29, 1.82) is 0 Å². The minimum atomic E-state index is -0.789. The molecule has 1 heterocycles. The summed E-state index contributed by atoms with van der Waals surface area (Å²) in [6.07, 6.45) is 6.35. The normalized spacial score (nSPS) is 17.4. The van der Waals surface area contributed by atoms with Crippen LogP contribution in [-0.2, 0) is 4.79 Å². The minimum Gasteiger partial charge on any atom is -0.481 e. The molecule has 0 atom stereocenters. The van der Waals surface area contributed by atoms with Gasteiger partial charge in [0.2, 0.25) is 0 Å². The van der Waals surface area contributed by atoms with Crippen molar-refractivity contribution in [1.82, 2.24) is 9.55 Å². The average molecular weight is 279 g/mol. The lowest BCUT2D eigenvalue weighted by Gasteiger charge is -2.24. The molecule has 0 aromatic carbocycles. The van der Waals surface area contributed by atoms with E-state index >= 15 is 0 Å². The number of hydrogen-bond acceptors (Lipinski definition) is 4. The number of carbonyl (C=O) groups is 1. The van der Waals surface area contributed by atoms with Crippen LogP contribution in [0.2, 0.25) is 0 Å². The van der Waals surface area contributed by atoms with Crippen LogP contribution in [0.1, 0.15) is 45.6 Å². The maximum absolute atomic E-state index is 12.2. The molecule has 0 amide bonds. The molecule has 20 heavy (non-hydrogen) atoms. The van der Waals surface area contributed by atoms with Gasteiger partial charge in [0.25, 0.3) is 5.56 Å². The van der Waals surface area contributed by atoms with E-state index in [2.05, 4.69) is 10.3 Å². The summed E-state index contributed by atoms with van der Waals surface area (Å²) in [5, 5.41) is 12.4. The van der Waals surface area contributed by atoms with Gasteiger partial charge in [0.15, 0.2) is 5.82 Å². The van der Waals surface area contributed by atoms with E-state index in [0.29, 0.717) is 12.8 Å². The van der Waals surface area contributed by atoms with Gasteiger partial charge in [-0.05, 0) is 26.7 Å². The molecule has 0 saturated heterocycles. The van der Waals surface area contributed by atoms with Crippen LogP contribution in [0.15, 0.2) is 17.2 Å². The zero-order valence-electron chi connectivity index (χ0n) is 11.9. The summed E-state index contributed by atoms with van der Waals surface area (Å²) >= 11 is 0. The second-order valence-corrected chi connectivity index (χ2v) is 5.73. The highest BCUT2D eigenvalue weighted by Crippen LogP contribution is 2.38. The van der Waals surface area contributed by atoms with E-state index in [1.54, 1.807) is 17.0 Å². The lowest BCUT2D eigenvalue weighted by Crippen LogP contribution is -2.37. The van der Waals surface area contributed by atoms with Crippen molar-refractivity contribution in [3.63, 3.8) is 0 Å². The molecule has 110 valence electrons. The van der Waals surface area contributed by atoms with E-state index in [4.69, 9.17) is 0 Å². The first-order chi connectivity index (χ1) is 9.46. The number of carboxylic acids is 1. The molecule has 6 heteroatoms. The molecule has 6 nitrogen and oxygen atoms in total. The molecule has 2 rings (SSSR count). The Kier molecular flexibility index (Phi) is 4.11. The average Bonchev–Trinajstić information content (AvgIpc) is 2.87. The van der Waals surface area contributed by atoms with E-state index < -0.39 is 11.4 Å². The topological polar surface area (TPSA) is 84.2 Å². The molecule has 1 saturated carbocycles. The Hall–Kier alpha value is -1.85. The summed E-state index contributed by atoms with van der Waals surface area (Å²) < 4.78 is 1.58. The van der Waals surface area contributed by atoms with Gasteiger partial charge in [0, 0.05) is 25.0 Å². The molecular weight excluding hydrogens is 258 g/mol. The van der Waals surface area contributed by atoms with Crippen molar-refractivity contribution >= 4 is 11.8 Å². The molecule has 0 spiro atoms. The third-order valence-electron chi connectivity index (χ3n) is 4.03. The second kappa shape index (κ2) is 5.64. The van der Waals surface area contributed by atoms with Crippen LogP contribution < -0.4 is 10.9 Å². The van der Waals surface area contributed by atoms with Crippen molar-refractivity contribution in [2.45, 2.75) is 45.6 Å². The number of aliphatic carboxylic acids is 1. The standard InChI is InChI=1S/C14H21N3O3/c1-10(2)17-8-7-15-11(12(17)18)16-9-14(13(19)20)5-3-4-6-14/h7-8,10H,3-6,9H2,1-2H3,(H,15,16)(H,19,20). The van der Waals surface area contributed by atoms with Crippen LogP contribution in [0, 0.1) is 5.41 Å². The third kappa shape index (κ3) is 2.69. The summed E-state index contributed by atoms with van der Waals surface area (Å²) in [6, 6.07) is 0.0472. The summed E-state index contributed by atoms with van der Waals surface area (Å²) in [7, 11) is 0. The first kappa shape index (κ1) is 14.6. The fraction of sp³-hybridized carbons (Fsp3) is 0.643. The lowest BCUT2D eigenvalue weighted by molar-refractivity contribution is -0.147. The Bertz CT molecular complexity index is 545.